The lowest BCUT2D eigenvalue weighted by atomic mass is 9.86. The van der Waals surface area contributed by atoms with Crippen LogP contribution in [0.2, 0.25) is 0 Å². The highest BCUT2D eigenvalue weighted by atomic mass is 19.3. The van der Waals surface area contributed by atoms with Crippen LogP contribution in [-0.2, 0) is 0 Å². The lowest BCUT2D eigenvalue weighted by Gasteiger charge is -2.25. The molecular weight excluding hydrogens is 365 g/mol. The number of hydrogen-bond acceptors (Lipinski definition) is 3. The lowest BCUT2D eigenvalue weighted by molar-refractivity contribution is 0.146. The molecule has 0 saturated carbocycles. The Balaban J connectivity index is 2.46. The van der Waals surface area contributed by atoms with Crippen LogP contribution < -0.4 is 5.73 Å². The van der Waals surface area contributed by atoms with Gasteiger partial charge in [0.2, 0.25) is 0 Å². The smallest absolute Gasteiger partial charge is 0.280 e. The SMILES string of the molecule is CC(C)CC(N)C(CF)c1cnc(-c2ccnc(C(F)F)c2)cc1C(F)F. The molecule has 2 N–H and O–H groups in total. The van der Waals surface area contributed by atoms with E-state index in [2.05, 4.69) is 9.97 Å². The van der Waals surface area contributed by atoms with Gasteiger partial charge in [0.25, 0.3) is 12.9 Å². The number of aromatic nitrogens is 2. The van der Waals surface area contributed by atoms with Crippen LogP contribution in [0.4, 0.5) is 22.0 Å². The number of hydrogen-bond donors (Lipinski definition) is 1. The summed E-state index contributed by atoms with van der Waals surface area (Å²) in [6.45, 7) is 2.93. The van der Waals surface area contributed by atoms with E-state index in [1.54, 1.807) is 0 Å². The fourth-order valence-electron chi connectivity index (χ4n) is 3.00. The van der Waals surface area contributed by atoms with Crippen LogP contribution in [0.25, 0.3) is 11.3 Å². The molecule has 8 heteroatoms. The summed E-state index contributed by atoms with van der Waals surface area (Å²) in [4.78, 5) is 7.63. The molecule has 0 aliphatic carbocycles. The minimum absolute atomic E-state index is 0.0486. The average Bonchev–Trinajstić information content (AvgIpc) is 2.61. The molecule has 148 valence electrons. The number of halogens is 5. The standard InChI is InChI=1S/C19H22F5N3/c1-10(2)5-15(25)13(8-20)14-9-27-16(7-12(14)18(21)22)11-3-4-26-17(6-11)19(23)24/h3-4,6-7,9-10,13,15,18-19H,5,8,25H2,1-2H3. The van der Waals surface area contributed by atoms with E-state index >= 15 is 0 Å². The van der Waals surface area contributed by atoms with Crippen molar-refractivity contribution in [2.24, 2.45) is 11.7 Å². The molecule has 0 radical (unpaired) electrons. The van der Waals surface area contributed by atoms with Crippen LogP contribution >= 0.6 is 0 Å². The van der Waals surface area contributed by atoms with Crippen LogP contribution in [0.3, 0.4) is 0 Å². The second-order valence-corrected chi connectivity index (χ2v) is 6.82. The molecule has 0 bridgehead atoms. The highest BCUT2D eigenvalue weighted by Gasteiger charge is 2.27. The summed E-state index contributed by atoms with van der Waals surface area (Å²) in [5.74, 6) is -0.729. The quantitative estimate of drug-likeness (QED) is 0.613. The van der Waals surface area contributed by atoms with Crippen LogP contribution in [0.15, 0.2) is 30.6 Å². The van der Waals surface area contributed by atoms with Crippen molar-refractivity contribution >= 4 is 0 Å². The molecule has 0 aliphatic rings. The maximum Gasteiger partial charge on any atom is 0.280 e. The molecule has 0 aliphatic heterocycles. The van der Waals surface area contributed by atoms with Crippen molar-refractivity contribution in [1.82, 2.24) is 9.97 Å². The molecule has 2 rings (SSSR count). The number of alkyl halides is 5. The van der Waals surface area contributed by atoms with Crippen molar-refractivity contribution < 1.29 is 22.0 Å². The summed E-state index contributed by atoms with van der Waals surface area (Å²) in [5.41, 5.74) is 5.54. The fourth-order valence-corrected chi connectivity index (χ4v) is 3.00. The maximum atomic E-state index is 13.6. The lowest BCUT2D eigenvalue weighted by Crippen LogP contribution is -2.32. The second-order valence-electron chi connectivity index (χ2n) is 6.82. The normalized spacial score (nSPS) is 14.2. The molecule has 2 aromatic rings. The minimum atomic E-state index is -2.88. The Labute approximate surface area is 154 Å². The van der Waals surface area contributed by atoms with Gasteiger partial charge in [-0.05, 0) is 36.1 Å². The Morgan fingerprint density at radius 1 is 1.00 bits per heavy atom. The topological polar surface area (TPSA) is 51.8 Å². The summed E-state index contributed by atoms with van der Waals surface area (Å²) in [6, 6.07) is 2.97. The van der Waals surface area contributed by atoms with Crippen molar-refractivity contribution in [3.63, 3.8) is 0 Å². The van der Waals surface area contributed by atoms with E-state index in [4.69, 9.17) is 5.73 Å². The van der Waals surface area contributed by atoms with Crippen LogP contribution in [-0.4, -0.2) is 22.7 Å². The van der Waals surface area contributed by atoms with Gasteiger partial charge in [0.15, 0.2) is 0 Å². The third-order valence-corrected chi connectivity index (χ3v) is 4.33. The van der Waals surface area contributed by atoms with Gasteiger partial charge in [-0.15, -0.1) is 0 Å². The van der Waals surface area contributed by atoms with E-state index in [1.165, 1.54) is 12.3 Å². The van der Waals surface area contributed by atoms with Crippen molar-refractivity contribution in [3.05, 3.63) is 47.4 Å². The summed E-state index contributed by atoms with van der Waals surface area (Å²) >= 11 is 0. The fraction of sp³-hybridized carbons (Fsp3) is 0.474. The van der Waals surface area contributed by atoms with Gasteiger partial charge in [0, 0.05) is 35.5 Å². The molecule has 2 aromatic heterocycles. The molecule has 0 aromatic carbocycles. The molecule has 3 nitrogen and oxygen atoms in total. The summed E-state index contributed by atoms with van der Waals surface area (Å²) in [7, 11) is 0. The van der Waals surface area contributed by atoms with Crippen LogP contribution in [0, 0.1) is 5.92 Å². The van der Waals surface area contributed by atoms with E-state index in [9.17, 15) is 22.0 Å². The first-order valence-electron chi connectivity index (χ1n) is 8.58. The molecule has 0 amide bonds. The largest absolute Gasteiger partial charge is 0.327 e. The third kappa shape index (κ3) is 5.22. The van der Waals surface area contributed by atoms with Gasteiger partial charge in [-0.25, -0.2) is 17.6 Å². The molecule has 27 heavy (non-hydrogen) atoms. The molecule has 0 saturated heterocycles. The Kier molecular flexibility index (Phi) is 7.24. The Hall–Kier alpha value is -2.09. The predicted molar refractivity (Wildman–Crippen MR) is 93.5 cm³/mol. The average molecular weight is 387 g/mol. The number of nitrogens with two attached hydrogens (primary N) is 1. The second kappa shape index (κ2) is 9.21. The number of nitrogens with zero attached hydrogens (tertiary/aromatic N) is 2. The van der Waals surface area contributed by atoms with E-state index < -0.39 is 42.7 Å². The van der Waals surface area contributed by atoms with Crippen LogP contribution in [0.1, 0.15) is 55.9 Å². The number of pyridine rings is 2. The Morgan fingerprint density at radius 2 is 1.70 bits per heavy atom. The summed E-state index contributed by atoms with van der Waals surface area (Å²) < 4.78 is 66.5. The van der Waals surface area contributed by atoms with Gasteiger partial charge >= 0.3 is 0 Å². The zero-order valence-electron chi connectivity index (χ0n) is 15.0. The van der Waals surface area contributed by atoms with Gasteiger partial charge in [0.1, 0.15) is 5.69 Å². The van der Waals surface area contributed by atoms with E-state index in [0.717, 1.165) is 18.3 Å². The molecule has 0 spiro atoms. The molecule has 2 atom stereocenters. The van der Waals surface area contributed by atoms with Crippen molar-refractivity contribution in [2.45, 2.75) is 45.1 Å². The Morgan fingerprint density at radius 3 is 2.26 bits per heavy atom. The van der Waals surface area contributed by atoms with Crippen molar-refractivity contribution in [1.29, 1.82) is 0 Å². The first-order chi connectivity index (χ1) is 12.7. The predicted octanol–water partition coefficient (Wildman–Crippen LogP) is 5.45. The summed E-state index contributed by atoms with van der Waals surface area (Å²) in [5, 5.41) is 0. The zero-order valence-corrected chi connectivity index (χ0v) is 15.0. The first-order valence-corrected chi connectivity index (χ1v) is 8.58. The van der Waals surface area contributed by atoms with Crippen molar-refractivity contribution in [2.75, 3.05) is 6.67 Å². The van der Waals surface area contributed by atoms with Gasteiger partial charge in [-0.3, -0.25) is 14.4 Å². The van der Waals surface area contributed by atoms with E-state index in [0.29, 0.717) is 6.42 Å². The minimum Gasteiger partial charge on any atom is -0.327 e. The number of rotatable bonds is 8. The van der Waals surface area contributed by atoms with Gasteiger partial charge in [-0.2, -0.15) is 0 Å². The Bertz CT molecular complexity index is 752. The van der Waals surface area contributed by atoms with Gasteiger partial charge < -0.3 is 5.73 Å². The van der Waals surface area contributed by atoms with Crippen molar-refractivity contribution in [3.8, 4) is 11.3 Å². The van der Waals surface area contributed by atoms with Gasteiger partial charge in [-0.1, -0.05) is 13.8 Å². The van der Waals surface area contributed by atoms with E-state index in [1.807, 2.05) is 13.8 Å². The molecule has 2 heterocycles. The third-order valence-electron chi connectivity index (χ3n) is 4.33. The summed E-state index contributed by atoms with van der Waals surface area (Å²) in [6.07, 6.45) is -2.86. The highest BCUT2D eigenvalue weighted by Crippen LogP contribution is 2.34. The molecular formula is C19H22F5N3. The highest BCUT2D eigenvalue weighted by molar-refractivity contribution is 5.61. The maximum absolute atomic E-state index is 13.6. The molecule has 0 fully saturated rings. The monoisotopic (exact) mass is 387 g/mol. The van der Waals surface area contributed by atoms with Crippen LogP contribution in [0.5, 0.6) is 0 Å². The first kappa shape index (κ1) is 21.2. The van der Waals surface area contributed by atoms with Gasteiger partial charge in [0.05, 0.1) is 12.4 Å². The zero-order chi connectivity index (χ0) is 20.1. The molecule has 2 unspecified atom stereocenters. The van der Waals surface area contributed by atoms with E-state index in [-0.39, 0.29) is 22.7 Å².